The molecule has 7 nitrogen and oxygen atoms in total. The van der Waals surface area contributed by atoms with Gasteiger partial charge in [-0.25, -0.2) is 9.38 Å². The Balaban J connectivity index is 1.99. The van der Waals surface area contributed by atoms with E-state index in [1.54, 1.807) is 30.3 Å². The number of nitrogens with one attached hydrogen (secondary N) is 2. The average Bonchev–Trinajstić information content (AvgIpc) is 2.97. The number of fused-ring (bicyclic) bond motifs is 1. The Morgan fingerprint density at radius 1 is 0.923 bits per heavy atom. The molecular weight excluding hydrogens is 537 g/mol. The summed E-state index contributed by atoms with van der Waals surface area (Å²) in [6, 6.07) is 11.9. The normalized spacial score (nSPS) is 17.3. The first-order chi connectivity index (χ1) is 18.2. The molecule has 2 aromatic carbocycles. The monoisotopic (exact) mass is 560 g/mol. The summed E-state index contributed by atoms with van der Waals surface area (Å²) in [6.45, 7) is 0. The number of nitrogens with two attached hydrogens (primary N) is 1. The Labute approximate surface area is 217 Å². The minimum Gasteiger partial charge on any atom is -0.369 e. The van der Waals surface area contributed by atoms with E-state index in [4.69, 9.17) is 5.73 Å². The minimum atomic E-state index is -4.80. The van der Waals surface area contributed by atoms with Gasteiger partial charge in [-0.2, -0.15) is 26.3 Å². The number of hydrogen-bond donors (Lipinski definition) is 3. The number of para-hydroxylation sites is 1. The molecule has 0 bridgehead atoms. The van der Waals surface area contributed by atoms with Crippen LogP contribution in [-0.2, 0) is 14.4 Å². The van der Waals surface area contributed by atoms with Gasteiger partial charge in [0.05, 0.1) is 11.4 Å². The number of benzodiazepines with no additional fused rings is 1. The lowest BCUT2D eigenvalue weighted by Gasteiger charge is -2.26. The van der Waals surface area contributed by atoms with Gasteiger partial charge in [0, 0.05) is 35.8 Å². The van der Waals surface area contributed by atoms with Gasteiger partial charge in [-0.3, -0.25) is 14.4 Å². The van der Waals surface area contributed by atoms with Crippen molar-refractivity contribution >= 4 is 29.1 Å². The molecule has 3 atom stereocenters. The van der Waals surface area contributed by atoms with Crippen LogP contribution in [0.25, 0.3) is 0 Å². The topological polar surface area (TPSA) is 114 Å². The number of amides is 3. The van der Waals surface area contributed by atoms with E-state index >= 15 is 0 Å². The average molecular weight is 560 g/mol. The van der Waals surface area contributed by atoms with Crippen LogP contribution < -0.4 is 16.4 Å². The molecule has 0 aliphatic carbocycles. The van der Waals surface area contributed by atoms with E-state index in [1.807, 2.05) is 0 Å². The number of carbonyl (C=O) groups excluding carboxylic acids is 3. The maximum Gasteiger partial charge on any atom is 0.389 e. The highest BCUT2D eigenvalue weighted by Gasteiger charge is 2.40. The number of anilines is 1. The quantitative estimate of drug-likeness (QED) is 0.394. The molecule has 3 amide bonds. The maximum atomic E-state index is 14.6. The van der Waals surface area contributed by atoms with E-state index in [0.29, 0.717) is 5.56 Å². The van der Waals surface area contributed by atoms with Gasteiger partial charge < -0.3 is 16.4 Å². The molecule has 0 saturated heterocycles. The first kappa shape index (κ1) is 29.6. The Morgan fingerprint density at radius 2 is 1.51 bits per heavy atom. The Hall–Kier alpha value is -3.97. The molecule has 1 aliphatic rings. The standard InChI is InChI=1S/C25H23F7N4O3/c26-17-8-4-7-16-18(13-5-2-1-3-6-13)34-21(23(39)35-19(16)17)36-22(38)15(10-12-25(30,31)32)14(20(33)37)9-11-24(27,28)29/h1-8,14-15,21H,9-12H2,(H2,33,37)(H,35,39)(H,36,38)/t14-,15+,21?/m0/s1. The lowest BCUT2D eigenvalue weighted by atomic mass is 9.83. The summed E-state index contributed by atoms with van der Waals surface area (Å²) in [5.41, 5.74) is 5.50. The van der Waals surface area contributed by atoms with Crippen LogP contribution in [0.4, 0.5) is 36.4 Å². The highest BCUT2D eigenvalue weighted by molar-refractivity contribution is 6.20. The summed E-state index contributed by atoms with van der Waals surface area (Å²) < 4.78 is 92.0. The third-order valence-electron chi connectivity index (χ3n) is 6.02. The fourth-order valence-electron chi connectivity index (χ4n) is 4.16. The molecule has 0 fully saturated rings. The third-order valence-corrected chi connectivity index (χ3v) is 6.02. The second-order valence-corrected chi connectivity index (χ2v) is 8.83. The molecule has 14 heteroatoms. The zero-order chi connectivity index (χ0) is 29.0. The fraction of sp³-hybridized carbons (Fsp3) is 0.360. The second kappa shape index (κ2) is 11.8. The van der Waals surface area contributed by atoms with E-state index < -0.39 is 79.6 Å². The number of halogens is 7. The summed E-state index contributed by atoms with van der Waals surface area (Å²) in [5.74, 6) is -8.53. The molecule has 1 aliphatic heterocycles. The largest absolute Gasteiger partial charge is 0.389 e. The fourth-order valence-corrected chi connectivity index (χ4v) is 4.16. The van der Waals surface area contributed by atoms with Crippen molar-refractivity contribution in [2.45, 2.75) is 44.2 Å². The molecule has 4 N–H and O–H groups in total. The number of aliphatic imine (C=N–C) groups is 1. The van der Waals surface area contributed by atoms with Crippen molar-refractivity contribution in [2.24, 2.45) is 22.6 Å². The molecule has 1 heterocycles. The summed E-state index contributed by atoms with van der Waals surface area (Å²) >= 11 is 0. The number of hydrogen-bond acceptors (Lipinski definition) is 4. The summed E-state index contributed by atoms with van der Waals surface area (Å²) in [7, 11) is 0. The van der Waals surface area contributed by atoms with Gasteiger partial charge >= 0.3 is 12.4 Å². The lowest BCUT2D eigenvalue weighted by Crippen LogP contribution is -2.48. The summed E-state index contributed by atoms with van der Waals surface area (Å²) in [6.07, 6.45) is -16.7. The number of nitrogens with zero attached hydrogens (tertiary/aromatic N) is 1. The molecule has 2 aromatic rings. The number of carbonyl (C=O) groups is 3. The van der Waals surface area contributed by atoms with Crippen molar-refractivity contribution in [1.29, 1.82) is 0 Å². The molecule has 0 radical (unpaired) electrons. The van der Waals surface area contributed by atoms with Gasteiger partial charge in [-0.15, -0.1) is 0 Å². The van der Waals surface area contributed by atoms with Gasteiger partial charge in [0.2, 0.25) is 18.0 Å². The Morgan fingerprint density at radius 3 is 2.08 bits per heavy atom. The van der Waals surface area contributed by atoms with Crippen molar-refractivity contribution in [3.8, 4) is 0 Å². The predicted octanol–water partition coefficient (Wildman–Crippen LogP) is 4.46. The van der Waals surface area contributed by atoms with E-state index in [-0.39, 0.29) is 17.0 Å². The number of alkyl halides is 6. The van der Waals surface area contributed by atoms with Crippen LogP contribution in [-0.4, -0.2) is 42.0 Å². The molecule has 0 aromatic heterocycles. The van der Waals surface area contributed by atoms with Crippen LogP contribution in [0.1, 0.15) is 36.8 Å². The number of rotatable bonds is 9. The van der Waals surface area contributed by atoms with E-state index in [2.05, 4.69) is 15.6 Å². The van der Waals surface area contributed by atoms with Crippen molar-refractivity contribution in [2.75, 3.05) is 5.32 Å². The number of benzene rings is 2. The van der Waals surface area contributed by atoms with Gasteiger partial charge in [-0.05, 0) is 18.9 Å². The SMILES string of the molecule is NC(=O)[C@@H](CCC(F)(F)F)[C@@H](CCC(F)(F)F)C(=O)NC1N=C(c2ccccc2)c2cccc(F)c2NC1=O. The molecule has 3 rings (SSSR count). The van der Waals surface area contributed by atoms with Gasteiger partial charge in [0.25, 0.3) is 5.91 Å². The van der Waals surface area contributed by atoms with Crippen LogP contribution in [0.15, 0.2) is 53.5 Å². The maximum absolute atomic E-state index is 14.6. The molecule has 210 valence electrons. The molecule has 0 saturated carbocycles. The highest BCUT2D eigenvalue weighted by atomic mass is 19.4. The van der Waals surface area contributed by atoms with Crippen molar-refractivity contribution in [3.63, 3.8) is 0 Å². The van der Waals surface area contributed by atoms with Gasteiger partial charge in [0.1, 0.15) is 5.82 Å². The van der Waals surface area contributed by atoms with Crippen LogP contribution >= 0.6 is 0 Å². The third kappa shape index (κ3) is 8.01. The van der Waals surface area contributed by atoms with Crippen LogP contribution in [0.3, 0.4) is 0 Å². The van der Waals surface area contributed by atoms with Gasteiger partial charge in [-0.1, -0.05) is 42.5 Å². The van der Waals surface area contributed by atoms with Crippen molar-refractivity contribution in [1.82, 2.24) is 5.32 Å². The number of primary amides is 1. The molecule has 0 spiro atoms. The smallest absolute Gasteiger partial charge is 0.369 e. The zero-order valence-corrected chi connectivity index (χ0v) is 20.1. The first-order valence-corrected chi connectivity index (χ1v) is 11.6. The van der Waals surface area contributed by atoms with Gasteiger partial charge in [0.15, 0.2) is 0 Å². The predicted molar refractivity (Wildman–Crippen MR) is 126 cm³/mol. The first-order valence-electron chi connectivity index (χ1n) is 11.6. The van der Waals surface area contributed by atoms with Crippen LogP contribution in [0.2, 0.25) is 0 Å². The Bertz CT molecular complexity index is 1250. The second-order valence-electron chi connectivity index (χ2n) is 8.83. The zero-order valence-electron chi connectivity index (χ0n) is 20.1. The van der Waals surface area contributed by atoms with E-state index in [0.717, 1.165) is 6.07 Å². The molecule has 1 unspecified atom stereocenters. The summed E-state index contributed by atoms with van der Waals surface area (Å²) in [5, 5.41) is 4.39. The van der Waals surface area contributed by atoms with Crippen molar-refractivity contribution in [3.05, 3.63) is 65.5 Å². The highest BCUT2D eigenvalue weighted by Crippen LogP contribution is 2.33. The summed E-state index contributed by atoms with van der Waals surface area (Å²) in [4.78, 5) is 42.3. The van der Waals surface area contributed by atoms with Crippen molar-refractivity contribution < 1.29 is 45.1 Å². The molecule has 39 heavy (non-hydrogen) atoms. The van der Waals surface area contributed by atoms with E-state index in [1.165, 1.54) is 12.1 Å². The minimum absolute atomic E-state index is 0.0455. The Kier molecular flexibility index (Phi) is 8.97. The van der Waals surface area contributed by atoms with Crippen LogP contribution in [0.5, 0.6) is 0 Å². The van der Waals surface area contributed by atoms with Crippen LogP contribution in [0, 0.1) is 17.7 Å². The molecular formula is C25H23F7N4O3. The lowest BCUT2D eigenvalue weighted by molar-refractivity contribution is -0.152. The van der Waals surface area contributed by atoms with E-state index in [9.17, 15) is 45.1 Å².